The Kier molecular flexibility index (Phi) is 4.64. The standard InChI is InChI=1S/C24H28N4O2/c1-16-22(27-11-9-24(10-12-27)15-30-14-21(24)25)26-17(2)28(23(16)29)20-8-7-18-5-3-4-6-19(18)13-20/h3-8,13,21H,9-12,14-15,25H2,1-2H3/t21-/m1/s1. The molecule has 0 aliphatic carbocycles. The molecule has 3 aromatic rings. The minimum absolute atomic E-state index is 0.00558. The lowest BCUT2D eigenvalue weighted by atomic mass is 9.75. The van der Waals surface area contributed by atoms with E-state index in [2.05, 4.69) is 29.2 Å². The summed E-state index contributed by atoms with van der Waals surface area (Å²) in [6.07, 6.45) is 1.95. The number of hydrogen-bond donors (Lipinski definition) is 1. The van der Waals surface area contributed by atoms with Gasteiger partial charge in [0, 0.05) is 24.5 Å². The molecule has 6 heteroatoms. The van der Waals surface area contributed by atoms with E-state index in [1.165, 1.54) is 0 Å². The summed E-state index contributed by atoms with van der Waals surface area (Å²) in [6.45, 7) is 6.89. The van der Waals surface area contributed by atoms with Crippen LogP contribution in [0.4, 0.5) is 5.82 Å². The van der Waals surface area contributed by atoms with Crippen LogP contribution in [-0.4, -0.2) is 41.9 Å². The maximum Gasteiger partial charge on any atom is 0.263 e. The molecule has 2 aliphatic rings. The van der Waals surface area contributed by atoms with E-state index in [0.29, 0.717) is 18.0 Å². The average Bonchev–Trinajstić information content (AvgIpc) is 3.11. The van der Waals surface area contributed by atoms with Crippen molar-refractivity contribution < 1.29 is 4.74 Å². The van der Waals surface area contributed by atoms with Gasteiger partial charge in [-0.05, 0) is 49.6 Å². The number of nitrogens with zero attached hydrogens (tertiary/aromatic N) is 3. The number of aromatic nitrogens is 2. The van der Waals surface area contributed by atoms with E-state index in [0.717, 1.165) is 54.8 Å². The van der Waals surface area contributed by atoms with Crippen molar-refractivity contribution in [1.82, 2.24) is 9.55 Å². The van der Waals surface area contributed by atoms with Gasteiger partial charge >= 0.3 is 0 Å². The molecule has 2 saturated heterocycles. The van der Waals surface area contributed by atoms with E-state index < -0.39 is 0 Å². The first-order valence-electron chi connectivity index (χ1n) is 10.7. The third-order valence-corrected chi connectivity index (χ3v) is 6.97. The van der Waals surface area contributed by atoms with Crippen molar-refractivity contribution in [2.24, 2.45) is 11.1 Å². The fraction of sp³-hybridized carbons (Fsp3) is 0.417. The van der Waals surface area contributed by atoms with Gasteiger partial charge in [0.05, 0.1) is 24.5 Å². The zero-order valence-corrected chi connectivity index (χ0v) is 17.6. The summed E-state index contributed by atoms with van der Waals surface area (Å²) < 4.78 is 7.36. The summed E-state index contributed by atoms with van der Waals surface area (Å²) in [5.41, 5.74) is 7.94. The van der Waals surface area contributed by atoms with Crippen LogP contribution in [0.5, 0.6) is 0 Å². The summed E-state index contributed by atoms with van der Waals surface area (Å²) in [4.78, 5) is 20.5. The Morgan fingerprint density at radius 2 is 1.83 bits per heavy atom. The lowest BCUT2D eigenvalue weighted by Crippen LogP contribution is -2.49. The van der Waals surface area contributed by atoms with Crippen LogP contribution in [0.3, 0.4) is 0 Å². The van der Waals surface area contributed by atoms with Crippen LogP contribution >= 0.6 is 0 Å². The topological polar surface area (TPSA) is 73.4 Å². The van der Waals surface area contributed by atoms with Gasteiger partial charge in [-0.1, -0.05) is 30.3 Å². The van der Waals surface area contributed by atoms with Crippen molar-refractivity contribution in [3.63, 3.8) is 0 Å². The molecular formula is C24H28N4O2. The molecule has 5 rings (SSSR count). The highest BCUT2D eigenvalue weighted by Gasteiger charge is 2.44. The van der Waals surface area contributed by atoms with Crippen LogP contribution in [0.2, 0.25) is 0 Å². The maximum atomic E-state index is 13.3. The second-order valence-electron chi connectivity index (χ2n) is 8.75. The van der Waals surface area contributed by atoms with E-state index in [4.69, 9.17) is 15.5 Å². The van der Waals surface area contributed by atoms with Crippen molar-refractivity contribution in [3.05, 3.63) is 64.2 Å². The number of nitrogens with two attached hydrogens (primary N) is 1. The van der Waals surface area contributed by atoms with Gasteiger partial charge in [-0.2, -0.15) is 0 Å². The SMILES string of the molecule is Cc1c(N2CCC3(CC2)COC[C@H]3N)nc(C)n(-c2ccc3ccccc3c2)c1=O. The molecule has 6 nitrogen and oxygen atoms in total. The van der Waals surface area contributed by atoms with Gasteiger partial charge in [-0.25, -0.2) is 4.98 Å². The van der Waals surface area contributed by atoms with Crippen molar-refractivity contribution in [2.45, 2.75) is 32.7 Å². The summed E-state index contributed by atoms with van der Waals surface area (Å²) >= 11 is 0. The number of piperidine rings is 1. The largest absolute Gasteiger partial charge is 0.379 e. The molecule has 1 atom stereocenters. The van der Waals surface area contributed by atoms with Crippen molar-refractivity contribution >= 4 is 16.6 Å². The molecule has 1 spiro atoms. The number of aryl methyl sites for hydroxylation is 1. The average molecular weight is 405 g/mol. The number of hydrogen-bond acceptors (Lipinski definition) is 5. The van der Waals surface area contributed by atoms with E-state index >= 15 is 0 Å². The van der Waals surface area contributed by atoms with E-state index in [-0.39, 0.29) is 17.0 Å². The van der Waals surface area contributed by atoms with Gasteiger partial charge in [0.1, 0.15) is 11.6 Å². The Balaban J connectivity index is 1.48. The predicted molar refractivity (Wildman–Crippen MR) is 119 cm³/mol. The minimum atomic E-state index is -0.00558. The molecule has 30 heavy (non-hydrogen) atoms. The Labute approximate surface area is 176 Å². The third-order valence-electron chi connectivity index (χ3n) is 6.97. The first-order valence-corrected chi connectivity index (χ1v) is 10.7. The molecule has 2 N–H and O–H groups in total. The summed E-state index contributed by atoms with van der Waals surface area (Å²) in [5.74, 6) is 1.51. The quantitative estimate of drug-likeness (QED) is 0.711. The molecular weight excluding hydrogens is 376 g/mol. The summed E-state index contributed by atoms with van der Waals surface area (Å²) in [7, 11) is 0. The molecule has 2 fully saturated rings. The van der Waals surface area contributed by atoms with Crippen molar-refractivity contribution in [2.75, 3.05) is 31.2 Å². The zero-order valence-electron chi connectivity index (χ0n) is 17.6. The lowest BCUT2D eigenvalue weighted by Gasteiger charge is -2.41. The van der Waals surface area contributed by atoms with E-state index in [9.17, 15) is 4.79 Å². The first-order chi connectivity index (χ1) is 14.5. The fourth-order valence-electron chi connectivity index (χ4n) is 4.98. The van der Waals surface area contributed by atoms with Gasteiger partial charge in [0.15, 0.2) is 0 Å². The number of rotatable bonds is 2. The highest BCUT2D eigenvalue weighted by molar-refractivity contribution is 5.84. The second-order valence-corrected chi connectivity index (χ2v) is 8.75. The van der Waals surface area contributed by atoms with Gasteiger partial charge in [0.2, 0.25) is 0 Å². The Bertz CT molecular complexity index is 1160. The number of ether oxygens (including phenoxy) is 1. The number of anilines is 1. The van der Waals surface area contributed by atoms with Crippen molar-refractivity contribution in [3.8, 4) is 5.69 Å². The molecule has 1 aromatic heterocycles. The second kappa shape index (κ2) is 7.22. The monoisotopic (exact) mass is 404 g/mol. The van der Waals surface area contributed by atoms with Crippen LogP contribution in [0.15, 0.2) is 47.3 Å². The van der Waals surface area contributed by atoms with E-state index in [1.54, 1.807) is 4.57 Å². The number of fused-ring (bicyclic) bond motifs is 1. The number of benzene rings is 2. The van der Waals surface area contributed by atoms with Crippen LogP contribution in [0.1, 0.15) is 24.2 Å². The third kappa shape index (κ3) is 3.02. The lowest BCUT2D eigenvalue weighted by molar-refractivity contribution is 0.131. The van der Waals surface area contributed by atoms with Crippen molar-refractivity contribution in [1.29, 1.82) is 0 Å². The van der Waals surface area contributed by atoms with Gasteiger partial charge in [0.25, 0.3) is 5.56 Å². The molecule has 0 unspecified atom stereocenters. The Morgan fingerprint density at radius 1 is 1.10 bits per heavy atom. The summed E-state index contributed by atoms with van der Waals surface area (Å²) in [5, 5.41) is 2.27. The van der Waals surface area contributed by atoms with Gasteiger partial charge in [-0.15, -0.1) is 0 Å². The Hall–Kier alpha value is -2.70. The highest BCUT2D eigenvalue weighted by atomic mass is 16.5. The first kappa shape index (κ1) is 19.3. The van der Waals surface area contributed by atoms with E-state index in [1.807, 2.05) is 32.0 Å². The van der Waals surface area contributed by atoms with Crippen LogP contribution in [0.25, 0.3) is 16.5 Å². The smallest absolute Gasteiger partial charge is 0.263 e. The Morgan fingerprint density at radius 3 is 2.53 bits per heavy atom. The molecule has 3 heterocycles. The van der Waals surface area contributed by atoms with Crippen LogP contribution in [-0.2, 0) is 4.74 Å². The molecule has 0 saturated carbocycles. The highest BCUT2D eigenvalue weighted by Crippen LogP contribution is 2.39. The molecule has 0 radical (unpaired) electrons. The maximum absolute atomic E-state index is 13.3. The predicted octanol–water partition coefficient (Wildman–Crippen LogP) is 2.95. The molecule has 2 aromatic carbocycles. The zero-order chi connectivity index (χ0) is 20.9. The molecule has 0 amide bonds. The van der Waals surface area contributed by atoms with Crippen LogP contribution in [0, 0.1) is 19.3 Å². The molecule has 156 valence electrons. The fourth-order valence-corrected chi connectivity index (χ4v) is 4.98. The van der Waals surface area contributed by atoms with Gasteiger partial charge in [-0.3, -0.25) is 9.36 Å². The summed E-state index contributed by atoms with van der Waals surface area (Å²) in [6, 6.07) is 14.4. The molecule has 0 bridgehead atoms. The minimum Gasteiger partial charge on any atom is -0.379 e. The van der Waals surface area contributed by atoms with Gasteiger partial charge < -0.3 is 15.4 Å². The van der Waals surface area contributed by atoms with Crippen LogP contribution < -0.4 is 16.2 Å². The molecule has 2 aliphatic heterocycles. The normalized spacial score (nSPS) is 20.9.